The van der Waals surface area contributed by atoms with Gasteiger partial charge < -0.3 is 5.32 Å². The zero-order valence-corrected chi connectivity index (χ0v) is 17.2. The molecule has 8 heteroatoms. The molecule has 28 heavy (non-hydrogen) atoms. The maximum Gasteiger partial charge on any atom is 0.251 e. The lowest BCUT2D eigenvalue weighted by Gasteiger charge is -2.18. The summed E-state index contributed by atoms with van der Waals surface area (Å²) in [5.74, 6) is -0.803. The summed E-state index contributed by atoms with van der Waals surface area (Å²) in [6.45, 7) is 4.25. The lowest BCUT2D eigenvalue weighted by atomic mass is 10.1. The molecule has 1 N–H and O–H groups in total. The van der Waals surface area contributed by atoms with Crippen molar-refractivity contribution in [2.45, 2.75) is 37.1 Å². The highest BCUT2D eigenvalue weighted by Crippen LogP contribution is 2.41. The molecule has 1 fully saturated rings. The predicted molar refractivity (Wildman–Crippen MR) is 107 cm³/mol. The molecule has 1 saturated carbocycles. The molecule has 1 aliphatic rings. The fourth-order valence-corrected chi connectivity index (χ4v) is 4.85. The predicted octanol–water partition coefficient (Wildman–Crippen LogP) is 3.80. The maximum absolute atomic E-state index is 13.6. The average molecular weight is 425 g/mol. The molecular weight excluding hydrogens is 403 g/mol. The van der Waals surface area contributed by atoms with Crippen LogP contribution in [-0.4, -0.2) is 37.8 Å². The van der Waals surface area contributed by atoms with E-state index in [2.05, 4.69) is 5.32 Å². The smallest absolute Gasteiger partial charge is 0.251 e. The minimum absolute atomic E-state index is 0.0262. The van der Waals surface area contributed by atoms with Crippen LogP contribution in [0.5, 0.6) is 0 Å². The van der Waals surface area contributed by atoms with Crippen LogP contribution < -0.4 is 5.32 Å². The van der Waals surface area contributed by atoms with Crippen molar-refractivity contribution in [1.82, 2.24) is 9.62 Å². The van der Waals surface area contributed by atoms with E-state index in [0.717, 1.165) is 5.56 Å². The van der Waals surface area contributed by atoms with Crippen molar-refractivity contribution in [3.8, 4) is 0 Å². The summed E-state index contributed by atoms with van der Waals surface area (Å²) in [6.07, 6.45) is 0.699. The van der Waals surface area contributed by atoms with E-state index in [0.29, 0.717) is 19.5 Å². The number of rotatable bonds is 7. The SMILES string of the molecule is CCN(CC)S(=O)(=O)c1cccc(C(=O)N[C@@H]2C[C@H]2c2ccc(Cl)c(F)c2)c1. The Hall–Kier alpha value is -1.96. The summed E-state index contributed by atoms with van der Waals surface area (Å²) in [6, 6.07) is 10.5. The second kappa shape index (κ2) is 8.19. The van der Waals surface area contributed by atoms with Gasteiger partial charge in [-0.05, 0) is 42.3 Å². The van der Waals surface area contributed by atoms with Crippen molar-refractivity contribution in [3.63, 3.8) is 0 Å². The number of carbonyl (C=O) groups excluding carboxylic acids is 1. The highest BCUT2D eigenvalue weighted by Gasteiger charge is 2.40. The summed E-state index contributed by atoms with van der Waals surface area (Å²) in [7, 11) is -3.63. The molecule has 0 unspecified atom stereocenters. The molecule has 0 aromatic heterocycles. The molecule has 150 valence electrons. The van der Waals surface area contributed by atoms with Crippen molar-refractivity contribution in [2.24, 2.45) is 0 Å². The van der Waals surface area contributed by atoms with Crippen LogP contribution in [0, 0.1) is 5.82 Å². The quantitative estimate of drug-likeness (QED) is 0.735. The third kappa shape index (κ3) is 4.21. The lowest BCUT2D eigenvalue weighted by Crippen LogP contribution is -2.31. The number of carbonyl (C=O) groups is 1. The Morgan fingerprint density at radius 2 is 1.93 bits per heavy atom. The minimum Gasteiger partial charge on any atom is -0.349 e. The Bertz CT molecular complexity index is 993. The zero-order chi connectivity index (χ0) is 20.5. The van der Waals surface area contributed by atoms with Crippen LogP contribution >= 0.6 is 11.6 Å². The van der Waals surface area contributed by atoms with Crippen LogP contribution in [0.4, 0.5) is 4.39 Å². The number of hydrogen-bond acceptors (Lipinski definition) is 3. The Morgan fingerprint density at radius 1 is 1.21 bits per heavy atom. The molecule has 0 bridgehead atoms. The molecule has 0 radical (unpaired) electrons. The Balaban J connectivity index is 1.71. The van der Waals surface area contributed by atoms with Gasteiger partial charge in [-0.15, -0.1) is 0 Å². The monoisotopic (exact) mass is 424 g/mol. The first-order valence-electron chi connectivity index (χ1n) is 9.14. The van der Waals surface area contributed by atoms with Gasteiger partial charge in [-0.3, -0.25) is 4.79 Å². The summed E-state index contributed by atoms with van der Waals surface area (Å²) >= 11 is 5.70. The van der Waals surface area contributed by atoms with Crippen LogP contribution in [0.2, 0.25) is 5.02 Å². The molecule has 2 atom stereocenters. The van der Waals surface area contributed by atoms with Gasteiger partial charge in [0.1, 0.15) is 5.82 Å². The van der Waals surface area contributed by atoms with Gasteiger partial charge in [0.15, 0.2) is 0 Å². The van der Waals surface area contributed by atoms with E-state index in [9.17, 15) is 17.6 Å². The second-order valence-electron chi connectivity index (χ2n) is 6.71. The molecule has 2 aromatic carbocycles. The molecule has 1 aliphatic carbocycles. The van der Waals surface area contributed by atoms with Crippen LogP contribution in [0.1, 0.15) is 42.1 Å². The normalized spacial score (nSPS) is 18.9. The fourth-order valence-electron chi connectivity index (χ4n) is 3.23. The van der Waals surface area contributed by atoms with Gasteiger partial charge in [-0.2, -0.15) is 4.31 Å². The molecule has 0 saturated heterocycles. The third-order valence-electron chi connectivity index (χ3n) is 4.92. The molecule has 3 rings (SSSR count). The lowest BCUT2D eigenvalue weighted by molar-refractivity contribution is 0.0950. The molecular formula is C20H22ClFN2O3S. The number of halogens is 2. The van der Waals surface area contributed by atoms with E-state index in [4.69, 9.17) is 11.6 Å². The van der Waals surface area contributed by atoms with Crippen LogP contribution in [0.15, 0.2) is 47.4 Å². The van der Waals surface area contributed by atoms with Crippen molar-refractivity contribution in [3.05, 3.63) is 64.4 Å². The van der Waals surface area contributed by atoms with E-state index in [1.165, 1.54) is 28.6 Å². The highest BCUT2D eigenvalue weighted by atomic mass is 35.5. The fraction of sp³-hybridized carbons (Fsp3) is 0.350. The van der Waals surface area contributed by atoms with Gasteiger partial charge in [0.05, 0.1) is 9.92 Å². The number of nitrogens with one attached hydrogen (secondary N) is 1. The van der Waals surface area contributed by atoms with E-state index in [-0.39, 0.29) is 33.3 Å². The summed E-state index contributed by atoms with van der Waals surface area (Å²) in [4.78, 5) is 12.7. The van der Waals surface area contributed by atoms with Crippen LogP contribution in [-0.2, 0) is 10.0 Å². The molecule has 5 nitrogen and oxygen atoms in total. The van der Waals surface area contributed by atoms with Crippen molar-refractivity contribution in [1.29, 1.82) is 0 Å². The second-order valence-corrected chi connectivity index (χ2v) is 9.06. The Labute approximate surface area is 169 Å². The minimum atomic E-state index is -3.63. The summed E-state index contributed by atoms with van der Waals surface area (Å²) < 4.78 is 40.3. The molecule has 1 amide bonds. The zero-order valence-electron chi connectivity index (χ0n) is 15.7. The first kappa shape index (κ1) is 20.8. The summed E-state index contributed by atoms with van der Waals surface area (Å²) in [5, 5.41) is 2.95. The highest BCUT2D eigenvalue weighted by molar-refractivity contribution is 7.89. The van der Waals surface area contributed by atoms with Crippen molar-refractivity contribution < 1.29 is 17.6 Å². The largest absolute Gasteiger partial charge is 0.349 e. The molecule has 0 spiro atoms. The van der Waals surface area contributed by atoms with Crippen LogP contribution in [0.3, 0.4) is 0 Å². The van der Waals surface area contributed by atoms with Gasteiger partial charge in [-0.1, -0.05) is 37.6 Å². The van der Waals surface area contributed by atoms with Gasteiger partial charge in [-0.25, -0.2) is 12.8 Å². The van der Waals surface area contributed by atoms with Gasteiger partial charge in [0, 0.05) is 30.6 Å². The topological polar surface area (TPSA) is 66.5 Å². The van der Waals surface area contributed by atoms with Crippen molar-refractivity contribution >= 4 is 27.5 Å². The Morgan fingerprint density at radius 3 is 2.57 bits per heavy atom. The molecule has 2 aromatic rings. The Kier molecular flexibility index (Phi) is 6.07. The number of amides is 1. The van der Waals surface area contributed by atoms with E-state index in [1.54, 1.807) is 32.0 Å². The first-order chi connectivity index (χ1) is 13.3. The number of hydrogen-bond donors (Lipinski definition) is 1. The maximum atomic E-state index is 13.6. The van der Waals surface area contributed by atoms with Gasteiger partial charge >= 0.3 is 0 Å². The number of sulfonamides is 1. The van der Waals surface area contributed by atoms with E-state index < -0.39 is 15.8 Å². The summed E-state index contributed by atoms with van der Waals surface area (Å²) in [5.41, 5.74) is 1.06. The number of nitrogens with zero attached hydrogens (tertiary/aromatic N) is 1. The van der Waals surface area contributed by atoms with Gasteiger partial charge in [0.25, 0.3) is 5.91 Å². The standard InChI is InChI=1S/C20H22ClFN2O3S/c1-3-24(4-2)28(26,27)15-7-5-6-14(10-15)20(25)23-19-12-16(19)13-8-9-17(21)18(22)11-13/h5-11,16,19H,3-4,12H2,1-2H3,(H,23,25)/t16-,19+/m0/s1. The molecule has 0 aliphatic heterocycles. The average Bonchev–Trinajstić information content (AvgIpc) is 3.44. The third-order valence-corrected chi connectivity index (χ3v) is 7.27. The van der Waals surface area contributed by atoms with Crippen molar-refractivity contribution in [2.75, 3.05) is 13.1 Å². The number of benzene rings is 2. The molecule has 0 heterocycles. The van der Waals surface area contributed by atoms with Crippen LogP contribution in [0.25, 0.3) is 0 Å². The van der Waals surface area contributed by atoms with E-state index in [1.807, 2.05) is 0 Å². The van der Waals surface area contributed by atoms with E-state index >= 15 is 0 Å². The van der Waals surface area contributed by atoms with Gasteiger partial charge in [0.2, 0.25) is 10.0 Å². The first-order valence-corrected chi connectivity index (χ1v) is 11.0.